The number of nitrogens with zero attached hydrogens (tertiary/aromatic N) is 5. The van der Waals surface area contributed by atoms with Crippen molar-refractivity contribution in [2.24, 2.45) is 0 Å². The summed E-state index contributed by atoms with van der Waals surface area (Å²) >= 11 is 5.96. The number of aromatic nitrogens is 2. The Labute approximate surface area is 266 Å². The van der Waals surface area contributed by atoms with Gasteiger partial charge in [-0.3, -0.25) is 14.9 Å². The van der Waals surface area contributed by atoms with E-state index in [-0.39, 0.29) is 18.3 Å². The van der Waals surface area contributed by atoms with Gasteiger partial charge in [0, 0.05) is 68.4 Å². The molecule has 1 aliphatic heterocycles. The summed E-state index contributed by atoms with van der Waals surface area (Å²) in [6, 6.07) is 17.8. The summed E-state index contributed by atoms with van der Waals surface area (Å²) in [6.07, 6.45) is -0.454. The summed E-state index contributed by atoms with van der Waals surface area (Å²) in [5.41, 5.74) is 8.21. The highest BCUT2D eigenvalue weighted by molar-refractivity contribution is 6.30. The first-order valence-corrected chi connectivity index (χ1v) is 14.8. The van der Waals surface area contributed by atoms with E-state index in [0.717, 1.165) is 42.9 Å². The summed E-state index contributed by atoms with van der Waals surface area (Å²) in [6.45, 7) is 3.42. The molecule has 1 fully saturated rings. The van der Waals surface area contributed by atoms with Crippen LogP contribution >= 0.6 is 11.6 Å². The molecule has 5 rings (SSSR count). The van der Waals surface area contributed by atoms with Gasteiger partial charge in [0.2, 0.25) is 11.9 Å². The predicted octanol–water partition coefficient (Wildman–Crippen LogP) is 3.66. The van der Waals surface area contributed by atoms with Crippen molar-refractivity contribution in [1.82, 2.24) is 25.1 Å². The molecule has 0 bridgehead atoms. The van der Waals surface area contributed by atoms with Crippen LogP contribution in [0.4, 0.5) is 22.2 Å². The van der Waals surface area contributed by atoms with Crippen LogP contribution in [0.1, 0.15) is 15.9 Å². The Morgan fingerprint density at radius 1 is 1.00 bits per heavy atom. The number of hydrogen-bond acceptors (Lipinski definition) is 9. The Balaban J connectivity index is 1.28. The van der Waals surface area contributed by atoms with Crippen LogP contribution in [0.25, 0.3) is 10.9 Å². The largest absolute Gasteiger partial charge is 0.417 e. The second-order valence-electron chi connectivity index (χ2n) is 11.1. The molecule has 4 aromatic rings. The maximum Gasteiger partial charge on any atom is 0.417 e. The van der Waals surface area contributed by atoms with E-state index in [1.165, 1.54) is 4.90 Å². The van der Waals surface area contributed by atoms with Gasteiger partial charge in [0.1, 0.15) is 17.6 Å². The lowest BCUT2D eigenvalue weighted by Crippen LogP contribution is -2.47. The van der Waals surface area contributed by atoms with Crippen LogP contribution in [-0.2, 0) is 11.2 Å². The van der Waals surface area contributed by atoms with Crippen molar-refractivity contribution in [1.29, 1.82) is 0 Å². The molecule has 3 aromatic carbocycles. The highest BCUT2D eigenvalue weighted by Gasteiger charge is 2.25. The van der Waals surface area contributed by atoms with Crippen LogP contribution in [0.15, 0.2) is 66.7 Å². The Hall–Kier alpha value is -4.94. The second-order valence-corrected chi connectivity index (χ2v) is 11.5. The molecule has 0 spiro atoms. The van der Waals surface area contributed by atoms with Crippen molar-refractivity contribution in [2.75, 3.05) is 63.3 Å². The van der Waals surface area contributed by atoms with Crippen molar-refractivity contribution >= 4 is 57.9 Å². The van der Waals surface area contributed by atoms with Gasteiger partial charge in [-0.15, -0.1) is 0 Å². The summed E-state index contributed by atoms with van der Waals surface area (Å²) in [7, 11) is 5.34. The molecule has 2 heterocycles. The monoisotopic (exact) mass is 630 g/mol. The van der Waals surface area contributed by atoms with Crippen LogP contribution in [0.3, 0.4) is 0 Å². The molecule has 1 aliphatic rings. The van der Waals surface area contributed by atoms with E-state index in [1.54, 1.807) is 74.8 Å². The normalized spacial score (nSPS) is 14.1. The molecule has 234 valence electrons. The molecule has 12 nitrogen and oxygen atoms in total. The Morgan fingerprint density at radius 3 is 2.42 bits per heavy atom. The molecule has 13 heteroatoms. The zero-order valence-electron chi connectivity index (χ0n) is 25.3. The lowest BCUT2D eigenvalue weighted by atomic mass is 10.0. The average molecular weight is 631 g/mol. The summed E-state index contributed by atoms with van der Waals surface area (Å²) in [5.74, 6) is 0.491. The minimum absolute atomic E-state index is 0.129. The molecule has 0 aliphatic carbocycles. The molecule has 1 atom stereocenters. The summed E-state index contributed by atoms with van der Waals surface area (Å²) in [4.78, 5) is 53.6. The number of fused-ring (bicyclic) bond motifs is 1. The number of nitrogens with one attached hydrogen (secondary N) is 2. The van der Waals surface area contributed by atoms with Gasteiger partial charge in [-0.25, -0.2) is 9.78 Å². The standard InChI is InChI=1S/C32H35ClN8O4/c1-39(2)30(43)27(17-20-7-10-24(11-8-20)45-32(44)35-23-6-4-5-22(33)19-23)36-29(42)21-9-12-25-26(18-21)37-31(34)38-28(25)41-15-13-40(3)14-16-41/h4-12,18-19,27H,13-17H2,1-3H3,(H,35,44)(H,36,42)(H2,34,37,38). The van der Waals surface area contributed by atoms with Gasteiger partial charge in [0.25, 0.3) is 5.91 Å². The Kier molecular flexibility index (Phi) is 9.65. The van der Waals surface area contributed by atoms with Crippen LogP contribution in [0.5, 0.6) is 5.75 Å². The van der Waals surface area contributed by atoms with Crippen LogP contribution in [0.2, 0.25) is 5.02 Å². The fourth-order valence-corrected chi connectivity index (χ4v) is 5.22. The summed E-state index contributed by atoms with van der Waals surface area (Å²) in [5, 5.41) is 6.78. The average Bonchev–Trinajstić information content (AvgIpc) is 3.00. The summed E-state index contributed by atoms with van der Waals surface area (Å²) < 4.78 is 5.36. The van der Waals surface area contributed by atoms with E-state index in [9.17, 15) is 14.4 Å². The second kappa shape index (κ2) is 13.8. The third kappa shape index (κ3) is 7.97. The van der Waals surface area contributed by atoms with Crippen LogP contribution < -0.4 is 26.0 Å². The van der Waals surface area contributed by atoms with E-state index in [1.807, 2.05) is 6.07 Å². The first-order chi connectivity index (χ1) is 21.5. The van der Waals surface area contributed by atoms with Gasteiger partial charge in [-0.05, 0) is 61.1 Å². The number of rotatable bonds is 8. The molecule has 0 saturated carbocycles. The molecule has 1 saturated heterocycles. The van der Waals surface area contributed by atoms with Crippen LogP contribution in [0, 0.1) is 0 Å². The third-order valence-corrected chi connectivity index (χ3v) is 7.68. The number of carbonyl (C=O) groups is 3. The predicted molar refractivity (Wildman–Crippen MR) is 175 cm³/mol. The first kappa shape index (κ1) is 31.5. The van der Waals surface area contributed by atoms with E-state index in [4.69, 9.17) is 22.1 Å². The van der Waals surface area contributed by atoms with Crippen molar-refractivity contribution in [3.63, 3.8) is 0 Å². The number of nitrogens with two attached hydrogens (primary N) is 1. The topological polar surface area (TPSA) is 146 Å². The number of carbonyl (C=O) groups excluding carboxylic acids is 3. The van der Waals surface area contributed by atoms with E-state index in [0.29, 0.717) is 27.5 Å². The highest BCUT2D eigenvalue weighted by Crippen LogP contribution is 2.27. The van der Waals surface area contributed by atoms with Gasteiger partial charge in [-0.1, -0.05) is 29.8 Å². The molecule has 1 aromatic heterocycles. The molecule has 4 N–H and O–H groups in total. The van der Waals surface area contributed by atoms with E-state index in [2.05, 4.69) is 37.4 Å². The number of nitrogen functional groups attached to an aromatic ring is 1. The highest BCUT2D eigenvalue weighted by atomic mass is 35.5. The fourth-order valence-electron chi connectivity index (χ4n) is 5.03. The number of hydrogen-bond donors (Lipinski definition) is 3. The van der Waals surface area contributed by atoms with Gasteiger partial charge in [-0.2, -0.15) is 4.98 Å². The van der Waals surface area contributed by atoms with Crippen molar-refractivity contribution in [3.05, 3.63) is 82.9 Å². The number of halogens is 1. The maximum atomic E-state index is 13.4. The van der Waals surface area contributed by atoms with Gasteiger partial charge < -0.3 is 30.5 Å². The lowest BCUT2D eigenvalue weighted by molar-refractivity contribution is -0.130. The van der Waals surface area contributed by atoms with Gasteiger partial charge >= 0.3 is 6.09 Å². The number of likely N-dealkylation sites (N-methyl/N-ethyl adjacent to an activating group) is 2. The quantitative estimate of drug-likeness (QED) is 0.265. The number of anilines is 3. The number of amides is 3. The van der Waals surface area contributed by atoms with Crippen molar-refractivity contribution in [3.8, 4) is 5.75 Å². The SMILES string of the molecule is CN1CCN(c2nc(N)nc3cc(C(=O)NC(Cc4ccc(OC(=O)Nc5cccc(Cl)c5)cc4)C(=O)N(C)C)ccc23)CC1. The molecule has 0 radical (unpaired) electrons. The molecular weight excluding hydrogens is 596 g/mol. The molecule has 45 heavy (non-hydrogen) atoms. The minimum atomic E-state index is -0.850. The number of ether oxygens (including phenoxy) is 1. The number of benzene rings is 3. The van der Waals surface area contributed by atoms with E-state index < -0.39 is 18.0 Å². The third-order valence-electron chi connectivity index (χ3n) is 7.45. The minimum Gasteiger partial charge on any atom is -0.410 e. The molecule has 3 amide bonds. The maximum absolute atomic E-state index is 13.4. The zero-order valence-corrected chi connectivity index (χ0v) is 26.0. The lowest BCUT2D eigenvalue weighted by Gasteiger charge is -2.33. The van der Waals surface area contributed by atoms with Crippen molar-refractivity contribution in [2.45, 2.75) is 12.5 Å². The van der Waals surface area contributed by atoms with E-state index >= 15 is 0 Å². The van der Waals surface area contributed by atoms with Gasteiger partial charge in [0.05, 0.1) is 5.52 Å². The smallest absolute Gasteiger partial charge is 0.410 e. The fraction of sp³-hybridized carbons (Fsp3) is 0.281. The Morgan fingerprint density at radius 2 is 1.73 bits per heavy atom. The van der Waals surface area contributed by atoms with Gasteiger partial charge in [0.15, 0.2) is 0 Å². The molecular formula is C32H35ClN8O4. The Bertz CT molecular complexity index is 1710. The number of piperazine rings is 1. The molecule has 1 unspecified atom stereocenters. The first-order valence-electron chi connectivity index (χ1n) is 14.4. The van der Waals surface area contributed by atoms with Crippen LogP contribution in [-0.4, -0.2) is 91.0 Å². The zero-order chi connectivity index (χ0) is 32.1. The van der Waals surface area contributed by atoms with Crippen molar-refractivity contribution < 1.29 is 19.1 Å².